The number of β-lactam (4-membered cyclic amide) rings is 1. The van der Waals surface area contributed by atoms with Crippen LogP contribution in [0.25, 0.3) is 0 Å². The molecule has 28 heavy (non-hydrogen) atoms. The Morgan fingerprint density at radius 3 is 2.96 bits per heavy atom. The number of aliphatic carboxylic acids is 1. The van der Waals surface area contributed by atoms with Crippen LogP contribution in [0.1, 0.15) is 5.69 Å². The quantitative estimate of drug-likeness (QED) is 0.316. The highest BCUT2D eigenvalue weighted by molar-refractivity contribution is 8.00. The van der Waals surface area contributed by atoms with Crippen LogP contribution in [0.2, 0.25) is 4.34 Å². The fraction of sp³-hybridized carbons (Fsp3) is 0.267. The molecule has 1 aromatic heterocycles. The average molecular weight is 444 g/mol. The number of carbonyl (C=O) groups excluding carboxylic acids is 2. The predicted molar refractivity (Wildman–Crippen MR) is 105 cm³/mol. The summed E-state index contributed by atoms with van der Waals surface area (Å²) in [7, 11) is 0. The van der Waals surface area contributed by atoms with Crippen molar-refractivity contribution in [3.8, 4) is 0 Å². The molecule has 3 rings (SSSR count). The molecule has 2 atom stereocenters. The number of thioether (sulfide) groups is 1. The van der Waals surface area contributed by atoms with Gasteiger partial charge in [0.2, 0.25) is 6.61 Å². The molecule has 2 aliphatic heterocycles. The molecule has 1 saturated heterocycles. The summed E-state index contributed by atoms with van der Waals surface area (Å²) < 4.78 is 0.0810. The third-order valence-electron chi connectivity index (χ3n) is 3.74. The van der Waals surface area contributed by atoms with Crippen LogP contribution in [0, 0.1) is 0 Å². The molecule has 148 valence electrons. The van der Waals surface area contributed by atoms with Crippen molar-refractivity contribution < 1.29 is 24.3 Å². The summed E-state index contributed by atoms with van der Waals surface area (Å²) >= 11 is 8.42. The standard InChI is InChI=1S/C15H14ClN5O5S2/c1-2-6-3-21-13(25)10(14(21)27-5-6)18-12(24)9(20-26-4-7(22)23)8-11(16)28-15(17)19-8/h2-3,10,14H,1,4-5H2,(H2,17,19)(H,18,24)(H,22,23)/b20-9+/t10?,14-/m1/s1. The second kappa shape index (κ2) is 8.20. The summed E-state index contributed by atoms with van der Waals surface area (Å²) in [5.74, 6) is -1.70. The number of carbonyl (C=O) groups is 3. The van der Waals surface area contributed by atoms with Crippen LogP contribution < -0.4 is 11.1 Å². The van der Waals surface area contributed by atoms with E-state index in [1.54, 1.807) is 12.3 Å². The molecule has 0 spiro atoms. The summed E-state index contributed by atoms with van der Waals surface area (Å²) in [5.41, 5.74) is 6.08. The molecule has 13 heteroatoms. The number of nitrogens with one attached hydrogen (secondary N) is 1. The summed E-state index contributed by atoms with van der Waals surface area (Å²) in [6.07, 6.45) is 3.36. The molecule has 1 unspecified atom stereocenters. The van der Waals surface area contributed by atoms with E-state index in [1.165, 1.54) is 16.7 Å². The number of halogens is 1. The molecule has 3 heterocycles. The molecular formula is C15H14ClN5O5S2. The Labute approximate surface area is 172 Å². The fourth-order valence-corrected chi connectivity index (χ4v) is 4.65. The molecule has 2 aliphatic rings. The lowest BCUT2D eigenvalue weighted by atomic mass is 10.1. The van der Waals surface area contributed by atoms with Gasteiger partial charge in [0.05, 0.1) is 0 Å². The van der Waals surface area contributed by atoms with Gasteiger partial charge in [0.15, 0.2) is 10.8 Å². The first kappa shape index (κ1) is 20.2. The van der Waals surface area contributed by atoms with Gasteiger partial charge in [-0.3, -0.25) is 9.59 Å². The van der Waals surface area contributed by atoms with Gasteiger partial charge < -0.3 is 25.9 Å². The van der Waals surface area contributed by atoms with Crippen LogP contribution in [0.5, 0.6) is 0 Å². The highest BCUT2D eigenvalue weighted by atomic mass is 35.5. The number of oxime groups is 1. The van der Waals surface area contributed by atoms with Gasteiger partial charge >= 0.3 is 5.97 Å². The first-order valence-corrected chi connectivity index (χ1v) is 9.97. The summed E-state index contributed by atoms with van der Waals surface area (Å²) in [4.78, 5) is 45.8. The number of thiazole rings is 1. The molecule has 2 amide bonds. The molecule has 0 aliphatic carbocycles. The third kappa shape index (κ3) is 3.98. The number of aromatic nitrogens is 1. The van der Waals surface area contributed by atoms with Crippen molar-refractivity contribution in [1.29, 1.82) is 0 Å². The predicted octanol–water partition coefficient (Wildman–Crippen LogP) is 0.654. The van der Waals surface area contributed by atoms with Gasteiger partial charge in [0.25, 0.3) is 11.8 Å². The monoisotopic (exact) mass is 443 g/mol. The molecule has 0 radical (unpaired) electrons. The summed E-state index contributed by atoms with van der Waals surface area (Å²) in [6.45, 7) is 2.91. The SMILES string of the molecule is C=CC1=CN2C(=O)C(NC(=O)/C(=N/OCC(=O)O)c3nc(N)sc3Cl)[C@H]2SC1. The van der Waals surface area contributed by atoms with E-state index in [0.29, 0.717) is 5.75 Å². The number of hydrogen-bond donors (Lipinski definition) is 3. The number of anilines is 1. The maximum Gasteiger partial charge on any atom is 0.344 e. The number of rotatable bonds is 7. The van der Waals surface area contributed by atoms with Crippen molar-refractivity contribution in [3.05, 3.63) is 34.5 Å². The molecule has 0 aromatic carbocycles. The van der Waals surface area contributed by atoms with Crippen molar-refractivity contribution >= 4 is 63.3 Å². The van der Waals surface area contributed by atoms with Crippen molar-refractivity contribution in [2.75, 3.05) is 18.1 Å². The highest BCUT2D eigenvalue weighted by Gasteiger charge is 2.49. The maximum atomic E-state index is 12.7. The number of nitrogen functional groups attached to an aromatic ring is 1. The third-order valence-corrected chi connectivity index (χ3v) is 6.16. The Balaban J connectivity index is 1.78. The number of carboxylic acids is 1. The van der Waals surface area contributed by atoms with Crippen molar-refractivity contribution in [2.24, 2.45) is 5.16 Å². The maximum absolute atomic E-state index is 12.7. The van der Waals surface area contributed by atoms with Crippen molar-refractivity contribution in [2.45, 2.75) is 11.4 Å². The number of fused-ring (bicyclic) bond motifs is 1. The Morgan fingerprint density at radius 1 is 1.61 bits per heavy atom. The van der Waals surface area contributed by atoms with Crippen LogP contribution in [-0.4, -0.2) is 62.3 Å². The van der Waals surface area contributed by atoms with E-state index in [1.807, 2.05) is 0 Å². The molecule has 0 saturated carbocycles. The fourth-order valence-electron chi connectivity index (χ4n) is 2.46. The summed E-state index contributed by atoms with van der Waals surface area (Å²) in [5, 5.41) is 14.6. The van der Waals surface area contributed by atoms with Gasteiger partial charge in [0, 0.05) is 12.0 Å². The lowest BCUT2D eigenvalue weighted by Gasteiger charge is -2.47. The molecule has 4 N–H and O–H groups in total. The van der Waals surface area contributed by atoms with Crippen LogP contribution >= 0.6 is 34.7 Å². The minimum absolute atomic E-state index is 0.0548. The molecule has 10 nitrogen and oxygen atoms in total. The van der Waals surface area contributed by atoms with Crippen LogP contribution in [0.3, 0.4) is 0 Å². The number of nitrogens with two attached hydrogens (primary N) is 1. The topological polar surface area (TPSA) is 147 Å². The van der Waals surface area contributed by atoms with Gasteiger partial charge in [0.1, 0.15) is 21.4 Å². The number of amides is 2. The minimum atomic E-state index is -1.28. The smallest absolute Gasteiger partial charge is 0.344 e. The summed E-state index contributed by atoms with van der Waals surface area (Å²) in [6, 6.07) is -0.778. The van der Waals surface area contributed by atoms with E-state index in [4.69, 9.17) is 22.4 Å². The van der Waals surface area contributed by atoms with E-state index in [9.17, 15) is 14.4 Å². The van der Waals surface area contributed by atoms with Gasteiger partial charge in [-0.05, 0) is 5.57 Å². The van der Waals surface area contributed by atoms with E-state index in [-0.39, 0.29) is 32.2 Å². The lowest BCUT2D eigenvalue weighted by molar-refractivity contribution is -0.143. The highest BCUT2D eigenvalue weighted by Crippen LogP contribution is 2.36. The largest absolute Gasteiger partial charge is 0.479 e. The normalized spacial score (nSPS) is 21.3. The minimum Gasteiger partial charge on any atom is -0.479 e. The molecule has 1 aromatic rings. The average Bonchev–Trinajstić information content (AvgIpc) is 2.99. The molecule has 0 bridgehead atoms. The lowest BCUT2D eigenvalue weighted by Crippen LogP contribution is -2.69. The molecule has 1 fully saturated rings. The van der Waals surface area contributed by atoms with E-state index in [0.717, 1.165) is 16.9 Å². The van der Waals surface area contributed by atoms with E-state index < -0.39 is 24.5 Å². The number of allylic oxidation sites excluding steroid dienone is 1. The zero-order valence-electron chi connectivity index (χ0n) is 14.1. The van der Waals surface area contributed by atoms with Crippen LogP contribution in [0.4, 0.5) is 5.13 Å². The van der Waals surface area contributed by atoms with E-state index in [2.05, 4.69) is 26.9 Å². The van der Waals surface area contributed by atoms with Crippen molar-refractivity contribution in [1.82, 2.24) is 15.2 Å². The van der Waals surface area contributed by atoms with Gasteiger partial charge in [-0.15, -0.1) is 11.8 Å². The zero-order valence-corrected chi connectivity index (χ0v) is 16.5. The van der Waals surface area contributed by atoms with Gasteiger partial charge in [-0.25, -0.2) is 9.78 Å². The van der Waals surface area contributed by atoms with Gasteiger partial charge in [-0.1, -0.05) is 40.7 Å². The number of carboxylic acid groups (broad SMARTS) is 1. The second-order valence-corrected chi connectivity index (χ2v) is 8.33. The van der Waals surface area contributed by atoms with Crippen molar-refractivity contribution in [3.63, 3.8) is 0 Å². The van der Waals surface area contributed by atoms with Gasteiger partial charge in [-0.2, -0.15) is 0 Å². The second-order valence-electron chi connectivity index (χ2n) is 5.59. The van der Waals surface area contributed by atoms with Crippen LogP contribution in [0.15, 0.2) is 29.6 Å². The number of nitrogens with zero attached hydrogens (tertiary/aromatic N) is 3. The Bertz CT molecular complexity index is 915. The first-order valence-electron chi connectivity index (χ1n) is 7.73. The number of hydrogen-bond acceptors (Lipinski definition) is 9. The Kier molecular flexibility index (Phi) is 5.91. The van der Waals surface area contributed by atoms with E-state index >= 15 is 0 Å². The zero-order chi connectivity index (χ0) is 20.4. The van der Waals surface area contributed by atoms with Crippen LogP contribution in [-0.2, 0) is 19.2 Å². The first-order chi connectivity index (χ1) is 13.3. The molecular weight excluding hydrogens is 430 g/mol. The Hall–Kier alpha value is -2.57. The Morgan fingerprint density at radius 2 is 2.36 bits per heavy atom.